The third-order valence-electron chi connectivity index (χ3n) is 3.58. The quantitative estimate of drug-likeness (QED) is 0.876. The predicted molar refractivity (Wildman–Crippen MR) is 76.1 cm³/mol. The van der Waals surface area contributed by atoms with Gasteiger partial charge in [0.2, 0.25) is 0 Å². The van der Waals surface area contributed by atoms with Crippen LogP contribution in [0.15, 0.2) is 24.3 Å². The summed E-state index contributed by atoms with van der Waals surface area (Å²) in [7, 11) is 1.93. The number of rotatable bonds is 4. The Kier molecular flexibility index (Phi) is 4.93. The second-order valence-electron chi connectivity index (χ2n) is 4.98. The Morgan fingerprint density at radius 1 is 1.32 bits per heavy atom. The van der Waals surface area contributed by atoms with Crippen LogP contribution < -0.4 is 10.6 Å². The molecule has 1 aliphatic heterocycles. The number of ether oxygens (including phenoxy) is 1. The number of carbonyl (C=O) groups is 1. The summed E-state index contributed by atoms with van der Waals surface area (Å²) in [6.45, 7) is 2.79. The fourth-order valence-corrected chi connectivity index (χ4v) is 2.19. The molecule has 2 rings (SSSR count). The van der Waals surface area contributed by atoms with Crippen LogP contribution in [0.5, 0.6) is 0 Å². The topological polar surface area (TPSA) is 50.4 Å². The van der Waals surface area contributed by atoms with Crippen LogP contribution >= 0.6 is 0 Å². The van der Waals surface area contributed by atoms with E-state index in [9.17, 15) is 4.79 Å². The molecule has 0 spiro atoms. The van der Waals surface area contributed by atoms with Gasteiger partial charge in [-0.15, -0.1) is 0 Å². The third-order valence-corrected chi connectivity index (χ3v) is 3.58. The Hall–Kier alpha value is -1.39. The lowest BCUT2D eigenvalue weighted by Crippen LogP contribution is -2.33. The molecule has 4 heteroatoms. The molecule has 1 aliphatic rings. The highest BCUT2D eigenvalue weighted by atomic mass is 16.5. The van der Waals surface area contributed by atoms with E-state index >= 15 is 0 Å². The number of hydrogen-bond acceptors (Lipinski definition) is 3. The first kappa shape index (κ1) is 14.0. The highest BCUT2D eigenvalue weighted by Gasteiger charge is 2.21. The molecule has 0 radical (unpaired) electrons. The fraction of sp³-hybridized carbons (Fsp3) is 0.533. The van der Waals surface area contributed by atoms with Gasteiger partial charge in [0.15, 0.2) is 0 Å². The molecule has 1 amide bonds. The van der Waals surface area contributed by atoms with Crippen LogP contribution in [0.1, 0.15) is 37.8 Å². The van der Waals surface area contributed by atoms with Gasteiger partial charge in [0, 0.05) is 18.3 Å². The number of hydrogen-bond donors (Lipinski definition) is 2. The molecular weight excluding hydrogens is 240 g/mol. The number of nitrogens with one attached hydrogen (secondary N) is 2. The van der Waals surface area contributed by atoms with Crippen molar-refractivity contribution < 1.29 is 9.53 Å². The highest BCUT2D eigenvalue weighted by Crippen LogP contribution is 2.18. The van der Waals surface area contributed by atoms with Crippen molar-refractivity contribution in [2.75, 3.05) is 19.0 Å². The average molecular weight is 262 g/mol. The Labute approximate surface area is 114 Å². The SMILES string of the molecule is CNC(C)c1ccc(NC(=O)C2CCCCO2)cc1. The van der Waals surface area contributed by atoms with E-state index in [1.165, 1.54) is 5.56 Å². The molecule has 4 nitrogen and oxygen atoms in total. The van der Waals surface area contributed by atoms with E-state index in [0.29, 0.717) is 12.6 Å². The van der Waals surface area contributed by atoms with Crippen molar-refractivity contribution in [3.8, 4) is 0 Å². The van der Waals surface area contributed by atoms with Crippen LogP contribution in [-0.4, -0.2) is 25.7 Å². The van der Waals surface area contributed by atoms with Gasteiger partial charge in [-0.2, -0.15) is 0 Å². The summed E-state index contributed by atoms with van der Waals surface area (Å²) in [6.07, 6.45) is 2.65. The molecule has 19 heavy (non-hydrogen) atoms. The van der Waals surface area contributed by atoms with Crippen LogP contribution in [0.25, 0.3) is 0 Å². The van der Waals surface area contributed by atoms with Crippen LogP contribution in [0.2, 0.25) is 0 Å². The van der Waals surface area contributed by atoms with Crippen LogP contribution in [0.4, 0.5) is 5.69 Å². The van der Waals surface area contributed by atoms with Gasteiger partial charge in [0.05, 0.1) is 0 Å². The van der Waals surface area contributed by atoms with E-state index in [0.717, 1.165) is 24.9 Å². The summed E-state index contributed by atoms with van der Waals surface area (Å²) in [5.74, 6) is -0.0332. The maximum absolute atomic E-state index is 12.0. The summed E-state index contributed by atoms with van der Waals surface area (Å²) < 4.78 is 5.47. The second kappa shape index (κ2) is 6.68. The summed E-state index contributed by atoms with van der Waals surface area (Å²) in [5.41, 5.74) is 2.03. The lowest BCUT2D eigenvalue weighted by Gasteiger charge is -2.21. The molecule has 0 bridgehead atoms. The summed E-state index contributed by atoms with van der Waals surface area (Å²) in [5, 5.41) is 6.10. The Morgan fingerprint density at radius 2 is 2.05 bits per heavy atom. The minimum atomic E-state index is -0.287. The number of benzene rings is 1. The molecule has 0 saturated carbocycles. The zero-order valence-electron chi connectivity index (χ0n) is 11.6. The van der Waals surface area contributed by atoms with Crippen LogP contribution in [0.3, 0.4) is 0 Å². The predicted octanol–water partition coefficient (Wildman–Crippen LogP) is 2.47. The van der Waals surface area contributed by atoms with E-state index in [-0.39, 0.29) is 12.0 Å². The van der Waals surface area contributed by atoms with Crippen molar-refractivity contribution in [2.45, 2.75) is 38.3 Å². The third kappa shape index (κ3) is 3.78. The van der Waals surface area contributed by atoms with Gasteiger partial charge in [-0.05, 0) is 50.9 Å². The first-order chi connectivity index (χ1) is 9.20. The standard InChI is InChI=1S/C15H22N2O2/c1-11(16-2)12-6-8-13(9-7-12)17-15(18)14-5-3-4-10-19-14/h6-9,11,14,16H,3-5,10H2,1-2H3,(H,17,18). The monoisotopic (exact) mass is 262 g/mol. The van der Waals surface area contributed by atoms with E-state index in [4.69, 9.17) is 4.74 Å². The molecule has 1 aromatic rings. The molecular formula is C15H22N2O2. The first-order valence-electron chi connectivity index (χ1n) is 6.90. The lowest BCUT2D eigenvalue weighted by atomic mass is 10.1. The van der Waals surface area contributed by atoms with Crippen LogP contribution in [-0.2, 0) is 9.53 Å². The van der Waals surface area contributed by atoms with Gasteiger partial charge in [-0.3, -0.25) is 4.79 Å². The van der Waals surface area contributed by atoms with Crippen molar-refractivity contribution in [2.24, 2.45) is 0 Å². The van der Waals surface area contributed by atoms with Crippen molar-refractivity contribution in [1.82, 2.24) is 5.32 Å². The minimum absolute atomic E-state index is 0.0332. The average Bonchev–Trinajstić information content (AvgIpc) is 2.48. The molecule has 2 unspecified atom stereocenters. The lowest BCUT2D eigenvalue weighted by molar-refractivity contribution is -0.129. The molecule has 1 heterocycles. The zero-order chi connectivity index (χ0) is 13.7. The summed E-state index contributed by atoms with van der Waals surface area (Å²) >= 11 is 0. The molecule has 104 valence electrons. The van der Waals surface area contributed by atoms with Gasteiger partial charge in [-0.1, -0.05) is 12.1 Å². The van der Waals surface area contributed by atoms with Gasteiger partial charge in [-0.25, -0.2) is 0 Å². The molecule has 1 fully saturated rings. The van der Waals surface area contributed by atoms with E-state index in [2.05, 4.69) is 17.6 Å². The Bertz CT molecular complexity index is 411. The van der Waals surface area contributed by atoms with Gasteiger partial charge < -0.3 is 15.4 Å². The maximum Gasteiger partial charge on any atom is 0.253 e. The Balaban J connectivity index is 1.93. The molecule has 1 saturated heterocycles. The van der Waals surface area contributed by atoms with Crippen molar-refractivity contribution in [1.29, 1.82) is 0 Å². The van der Waals surface area contributed by atoms with Gasteiger partial charge >= 0.3 is 0 Å². The largest absolute Gasteiger partial charge is 0.368 e. The Morgan fingerprint density at radius 3 is 2.63 bits per heavy atom. The molecule has 2 N–H and O–H groups in total. The minimum Gasteiger partial charge on any atom is -0.368 e. The van der Waals surface area contributed by atoms with Gasteiger partial charge in [0.25, 0.3) is 5.91 Å². The number of carbonyl (C=O) groups excluding carboxylic acids is 1. The molecule has 1 aromatic carbocycles. The molecule has 2 atom stereocenters. The summed E-state index contributed by atoms with van der Waals surface area (Å²) in [4.78, 5) is 12.0. The first-order valence-corrected chi connectivity index (χ1v) is 6.90. The second-order valence-corrected chi connectivity index (χ2v) is 4.98. The summed E-state index contributed by atoms with van der Waals surface area (Å²) in [6, 6.07) is 8.23. The van der Waals surface area contributed by atoms with Crippen molar-refractivity contribution in [3.05, 3.63) is 29.8 Å². The number of amides is 1. The highest BCUT2D eigenvalue weighted by molar-refractivity contribution is 5.94. The van der Waals surface area contributed by atoms with E-state index in [1.807, 2.05) is 31.3 Å². The zero-order valence-corrected chi connectivity index (χ0v) is 11.6. The van der Waals surface area contributed by atoms with E-state index in [1.54, 1.807) is 0 Å². The number of anilines is 1. The maximum atomic E-state index is 12.0. The molecule has 0 aliphatic carbocycles. The molecule has 0 aromatic heterocycles. The van der Waals surface area contributed by atoms with Crippen molar-refractivity contribution >= 4 is 11.6 Å². The van der Waals surface area contributed by atoms with E-state index < -0.39 is 0 Å². The fourth-order valence-electron chi connectivity index (χ4n) is 2.19. The van der Waals surface area contributed by atoms with Crippen molar-refractivity contribution in [3.63, 3.8) is 0 Å². The smallest absolute Gasteiger partial charge is 0.253 e. The van der Waals surface area contributed by atoms with Gasteiger partial charge in [0.1, 0.15) is 6.10 Å². The normalized spacial score (nSPS) is 20.8. The van der Waals surface area contributed by atoms with Crippen LogP contribution in [0, 0.1) is 0 Å².